The number of hydrogen-bond donors (Lipinski definition) is 1. The predicted molar refractivity (Wildman–Crippen MR) is 105 cm³/mol. The van der Waals surface area contributed by atoms with Gasteiger partial charge < -0.3 is 9.47 Å². The van der Waals surface area contributed by atoms with Gasteiger partial charge in [-0.3, -0.25) is 14.9 Å². The Morgan fingerprint density at radius 2 is 1.52 bits per heavy atom. The summed E-state index contributed by atoms with van der Waals surface area (Å²) in [6.45, 7) is 15.0. The summed E-state index contributed by atoms with van der Waals surface area (Å²) in [5, 5.41) is 3.35. The lowest BCUT2D eigenvalue weighted by Crippen LogP contribution is -2.41. The standard InChI is InChI=1S/C22H33NO4/c1-13-10-9-11-15(12-13)18-16(19(24)26-21(3,4)5)14(2)17(23-18)20(25)27-22(6,7)8/h9-12,14,16-18,23H,1-8H3/t14-,16-,17-,18-/m1/s1. The summed E-state index contributed by atoms with van der Waals surface area (Å²) in [5.41, 5.74) is 0.911. The van der Waals surface area contributed by atoms with Gasteiger partial charge in [-0.2, -0.15) is 0 Å². The molecule has 0 unspecified atom stereocenters. The number of ether oxygens (including phenoxy) is 2. The second-order valence-corrected chi connectivity index (χ2v) is 9.49. The van der Waals surface area contributed by atoms with E-state index >= 15 is 0 Å². The van der Waals surface area contributed by atoms with E-state index in [1.807, 2.05) is 79.7 Å². The van der Waals surface area contributed by atoms with Crippen LogP contribution in [0.4, 0.5) is 0 Å². The van der Waals surface area contributed by atoms with E-state index in [1.165, 1.54) is 0 Å². The van der Waals surface area contributed by atoms with Crippen molar-refractivity contribution in [2.24, 2.45) is 11.8 Å². The van der Waals surface area contributed by atoms with Gasteiger partial charge in [-0.15, -0.1) is 0 Å². The zero-order valence-electron chi connectivity index (χ0n) is 17.8. The molecule has 2 rings (SSSR count). The van der Waals surface area contributed by atoms with E-state index < -0.39 is 23.2 Å². The fourth-order valence-electron chi connectivity index (χ4n) is 3.50. The molecule has 0 amide bonds. The maximum absolute atomic E-state index is 13.0. The van der Waals surface area contributed by atoms with Gasteiger partial charge in [0, 0.05) is 6.04 Å². The number of hydrogen-bond acceptors (Lipinski definition) is 5. The summed E-state index contributed by atoms with van der Waals surface area (Å²) in [6, 6.07) is 7.13. The Kier molecular flexibility index (Phi) is 6.05. The molecule has 0 spiro atoms. The van der Waals surface area contributed by atoms with E-state index in [0.29, 0.717) is 0 Å². The van der Waals surface area contributed by atoms with Gasteiger partial charge in [0.2, 0.25) is 0 Å². The van der Waals surface area contributed by atoms with Gasteiger partial charge in [0.15, 0.2) is 0 Å². The Morgan fingerprint density at radius 3 is 2.04 bits per heavy atom. The molecule has 1 N–H and O–H groups in total. The second-order valence-electron chi connectivity index (χ2n) is 9.49. The van der Waals surface area contributed by atoms with Crippen molar-refractivity contribution < 1.29 is 19.1 Å². The Morgan fingerprint density at radius 1 is 0.963 bits per heavy atom. The quantitative estimate of drug-likeness (QED) is 0.811. The van der Waals surface area contributed by atoms with Gasteiger partial charge in [0.05, 0.1) is 5.92 Å². The van der Waals surface area contributed by atoms with E-state index in [1.54, 1.807) is 0 Å². The third kappa shape index (κ3) is 5.55. The summed E-state index contributed by atoms with van der Waals surface area (Å²) < 4.78 is 11.2. The number of carbonyl (C=O) groups is 2. The molecule has 0 aromatic heterocycles. The van der Waals surface area contributed by atoms with Crippen LogP contribution in [0.25, 0.3) is 0 Å². The molecule has 1 saturated heterocycles. The van der Waals surface area contributed by atoms with Crippen LogP contribution in [0.15, 0.2) is 24.3 Å². The minimum Gasteiger partial charge on any atom is -0.460 e. The van der Waals surface area contributed by atoms with Crippen LogP contribution in [0.2, 0.25) is 0 Å². The third-order valence-electron chi connectivity index (χ3n) is 4.55. The van der Waals surface area contributed by atoms with Crippen LogP contribution >= 0.6 is 0 Å². The zero-order chi connectivity index (χ0) is 20.6. The largest absolute Gasteiger partial charge is 0.460 e. The normalized spacial score (nSPS) is 25.9. The topological polar surface area (TPSA) is 64.6 Å². The number of carbonyl (C=O) groups excluding carboxylic acids is 2. The molecule has 1 aliphatic rings. The fraction of sp³-hybridized carbons (Fsp3) is 0.636. The van der Waals surface area contributed by atoms with E-state index in [4.69, 9.17) is 9.47 Å². The lowest BCUT2D eigenvalue weighted by atomic mass is 9.85. The van der Waals surface area contributed by atoms with E-state index in [9.17, 15) is 9.59 Å². The minimum atomic E-state index is -0.585. The monoisotopic (exact) mass is 375 g/mol. The average molecular weight is 376 g/mol. The minimum absolute atomic E-state index is 0.250. The van der Waals surface area contributed by atoms with Crippen LogP contribution in [0.3, 0.4) is 0 Å². The molecule has 1 heterocycles. The Labute approximate surface area is 162 Å². The molecule has 1 fully saturated rings. The Hall–Kier alpha value is -1.88. The summed E-state index contributed by atoms with van der Waals surface area (Å²) >= 11 is 0. The van der Waals surface area contributed by atoms with Crippen molar-refractivity contribution >= 4 is 11.9 Å². The Bertz CT molecular complexity index is 699. The molecule has 5 nitrogen and oxygen atoms in total. The average Bonchev–Trinajstić information content (AvgIpc) is 2.81. The molecule has 5 heteroatoms. The maximum Gasteiger partial charge on any atom is 0.323 e. The number of aryl methyl sites for hydroxylation is 1. The maximum atomic E-state index is 13.0. The van der Waals surface area contributed by atoms with Crippen LogP contribution < -0.4 is 5.32 Å². The highest BCUT2D eigenvalue weighted by molar-refractivity contribution is 5.82. The zero-order valence-corrected chi connectivity index (χ0v) is 17.8. The first kappa shape index (κ1) is 21.4. The number of benzene rings is 1. The molecule has 1 aliphatic heterocycles. The van der Waals surface area contributed by atoms with Crippen LogP contribution in [0.1, 0.15) is 65.6 Å². The van der Waals surface area contributed by atoms with E-state index in [0.717, 1.165) is 11.1 Å². The van der Waals surface area contributed by atoms with Crippen molar-refractivity contribution in [1.29, 1.82) is 0 Å². The SMILES string of the molecule is Cc1cccc([C@H]2N[C@@H](C(=O)OC(C)(C)C)[C@H](C)[C@H]2C(=O)OC(C)(C)C)c1. The molecule has 4 atom stereocenters. The van der Waals surface area contributed by atoms with Crippen molar-refractivity contribution in [2.75, 3.05) is 0 Å². The van der Waals surface area contributed by atoms with Crippen molar-refractivity contribution in [3.63, 3.8) is 0 Å². The molecule has 0 aliphatic carbocycles. The van der Waals surface area contributed by atoms with Gasteiger partial charge in [0.25, 0.3) is 0 Å². The summed E-state index contributed by atoms with van der Waals surface area (Å²) in [4.78, 5) is 25.7. The highest BCUT2D eigenvalue weighted by Crippen LogP contribution is 2.39. The van der Waals surface area contributed by atoms with Crippen molar-refractivity contribution in [3.8, 4) is 0 Å². The lowest BCUT2D eigenvalue weighted by Gasteiger charge is -2.27. The molecule has 0 radical (unpaired) electrons. The fourth-order valence-corrected chi connectivity index (χ4v) is 3.50. The first-order valence-corrected chi connectivity index (χ1v) is 9.57. The second kappa shape index (κ2) is 7.63. The van der Waals surface area contributed by atoms with Crippen LogP contribution in [0, 0.1) is 18.8 Å². The van der Waals surface area contributed by atoms with Crippen LogP contribution in [-0.2, 0) is 19.1 Å². The number of nitrogens with one attached hydrogen (secondary N) is 1. The van der Waals surface area contributed by atoms with Gasteiger partial charge in [-0.1, -0.05) is 36.8 Å². The molecule has 27 heavy (non-hydrogen) atoms. The molecule has 1 aromatic carbocycles. The molecule has 1 aromatic rings. The molecule has 0 bridgehead atoms. The molecule has 0 saturated carbocycles. The van der Waals surface area contributed by atoms with E-state index in [2.05, 4.69) is 5.32 Å². The van der Waals surface area contributed by atoms with Crippen LogP contribution in [0.5, 0.6) is 0 Å². The van der Waals surface area contributed by atoms with E-state index in [-0.39, 0.29) is 23.9 Å². The van der Waals surface area contributed by atoms with Gasteiger partial charge in [-0.05, 0) is 59.9 Å². The predicted octanol–water partition coefficient (Wildman–Crippen LogP) is 3.94. The first-order valence-electron chi connectivity index (χ1n) is 9.57. The smallest absolute Gasteiger partial charge is 0.323 e. The first-order chi connectivity index (χ1) is 12.3. The highest BCUT2D eigenvalue weighted by atomic mass is 16.6. The Balaban J connectivity index is 2.36. The molecular weight excluding hydrogens is 342 g/mol. The van der Waals surface area contributed by atoms with Gasteiger partial charge in [-0.25, -0.2) is 0 Å². The molecule has 150 valence electrons. The summed E-state index contributed by atoms with van der Waals surface area (Å²) in [5.74, 6) is -1.34. The third-order valence-corrected chi connectivity index (χ3v) is 4.55. The van der Waals surface area contributed by atoms with Crippen molar-refractivity contribution in [1.82, 2.24) is 5.32 Å². The summed E-state index contributed by atoms with van der Waals surface area (Å²) in [6.07, 6.45) is 0. The van der Waals surface area contributed by atoms with Crippen LogP contribution in [-0.4, -0.2) is 29.2 Å². The number of rotatable bonds is 3. The highest BCUT2D eigenvalue weighted by Gasteiger charge is 2.50. The molecular formula is C22H33NO4. The van der Waals surface area contributed by atoms with Crippen molar-refractivity contribution in [2.45, 2.75) is 78.7 Å². The van der Waals surface area contributed by atoms with Gasteiger partial charge >= 0.3 is 11.9 Å². The summed E-state index contributed by atoms with van der Waals surface area (Å²) in [7, 11) is 0. The van der Waals surface area contributed by atoms with Gasteiger partial charge in [0.1, 0.15) is 17.2 Å². The lowest BCUT2D eigenvalue weighted by molar-refractivity contribution is -0.162. The van der Waals surface area contributed by atoms with Crippen molar-refractivity contribution in [3.05, 3.63) is 35.4 Å². The number of esters is 2.